The van der Waals surface area contributed by atoms with Gasteiger partial charge < -0.3 is 15.4 Å². The monoisotopic (exact) mass is 378 g/mol. The predicted molar refractivity (Wildman–Crippen MR) is 98.4 cm³/mol. The molecule has 0 bridgehead atoms. The van der Waals surface area contributed by atoms with Crippen LogP contribution in [0.4, 0.5) is 11.4 Å². The lowest BCUT2D eigenvalue weighted by atomic mass is 10.2. The molecule has 5 nitrogen and oxygen atoms in total. The van der Waals surface area contributed by atoms with Crippen molar-refractivity contribution in [3.63, 3.8) is 0 Å². The fourth-order valence-corrected chi connectivity index (χ4v) is 2.62. The molecule has 2 aromatic rings. The van der Waals surface area contributed by atoms with Gasteiger partial charge in [0.25, 0.3) is 5.91 Å². The fraction of sp³-hybridized carbons (Fsp3) is 0.222. The van der Waals surface area contributed by atoms with Gasteiger partial charge in [-0.15, -0.1) is 0 Å². The Balaban J connectivity index is 1.49. The first kappa shape index (κ1) is 17.6. The minimum atomic E-state index is -0.319. The summed E-state index contributed by atoms with van der Waals surface area (Å²) < 4.78 is 5.38. The highest BCUT2D eigenvalue weighted by Crippen LogP contribution is 2.30. The van der Waals surface area contributed by atoms with Gasteiger partial charge in [0.15, 0.2) is 6.61 Å². The maximum absolute atomic E-state index is 11.9. The number of nitrogens with one attached hydrogen (secondary N) is 2. The maximum Gasteiger partial charge on any atom is 0.262 e. The third kappa shape index (κ3) is 5.11. The van der Waals surface area contributed by atoms with Crippen molar-refractivity contribution >= 4 is 46.4 Å². The molecule has 0 unspecified atom stereocenters. The van der Waals surface area contributed by atoms with Crippen LogP contribution in [0.15, 0.2) is 42.5 Å². The summed E-state index contributed by atoms with van der Waals surface area (Å²) in [6, 6.07) is 11.7. The van der Waals surface area contributed by atoms with Gasteiger partial charge in [-0.05, 0) is 55.3 Å². The summed E-state index contributed by atoms with van der Waals surface area (Å²) in [5, 5.41) is 6.39. The second kappa shape index (κ2) is 7.76. The van der Waals surface area contributed by atoms with Crippen molar-refractivity contribution in [3.8, 4) is 5.75 Å². The Bertz CT molecular complexity index is 789. The lowest BCUT2D eigenvalue weighted by Gasteiger charge is -2.10. The minimum Gasteiger partial charge on any atom is -0.482 e. The lowest BCUT2D eigenvalue weighted by molar-refractivity contribution is -0.118. The van der Waals surface area contributed by atoms with Crippen molar-refractivity contribution in [2.75, 3.05) is 17.2 Å². The molecular formula is C18H16Cl2N2O3. The van der Waals surface area contributed by atoms with Crippen molar-refractivity contribution in [3.05, 3.63) is 52.5 Å². The van der Waals surface area contributed by atoms with E-state index in [1.807, 2.05) is 0 Å². The first-order valence-electron chi connectivity index (χ1n) is 7.80. The number of anilines is 2. The molecule has 1 aliphatic carbocycles. The third-order valence-electron chi connectivity index (χ3n) is 3.64. The number of hydrogen-bond acceptors (Lipinski definition) is 3. The fourth-order valence-electron chi connectivity index (χ4n) is 2.16. The molecule has 0 saturated heterocycles. The predicted octanol–water partition coefficient (Wildman–Crippen LogP) is 4.36. The molecule has 0 aliphatic heterocycles. The molecule has 2 aromatic carbocycles. The summed E-state index contributed by atoms with van der Waals surface area (Å²) in [5.74, 6) is 0.265. The molecule has 0 atom stereocenters. The number of hydrogen-bond donors (Lipinski definition) is 2. The van der Waals surface area contributed by atoms with Crippen LogP contribution in [0.25, 0.3) is 0 Å². The maximum atomic E-state index is 11.9. The van der Waals surface area contributed by atoms with E-state index >= 15 is 0 Å². The Morgan fingerprint density at radius 1 is 1.00 bits per heavy atom. The normalized spacial score (nSPS) is 13.2. The minimum absolute atomic E-state index is 0.0463. The SMILES string of the molecule is O=C(COc1ccc(Cl)cc1Cl)Nc1ccc(NC(=O)C2CC2)cc1. The second-order valence-electron chi connectivity index (χ2n) is 5.75. The first-order chi connectivity index (χ1) is 12.0. The Labute approximate surface area is 155 Å². The molecule has 1 fully saturated rings. The van der Waals surface area contributed by atoms with Crippen LogP contribution in [0, 0.1) is 5.92 Å². The van der Waals surface area contributed by atoms with Crippen molar-refractivity contribution in [1.29, 1.82) is 0 Å². The first-order valence-corrected chi connectivity index (χ1v) is 8.55. The van der Waals surface area contributed by atoms with Gasteiger partial charge in [0.1, 0.15) is 5.75 Å². The number of ether oxygens (including phenoxy) is 1. The highest BCUT2D eigenvalue weighted by Gasteiger charge is 2.29. The van der Waals surface area contributed by atoms with Gasteiger partial charge in [0.05, 0.1) is 5.02 Å². The topological polar surface area (TPSA) is 67.4 Å². The van der Waals surface area contributed by atoms with Gasteiger partial charge in [0, 0.05) is 22.3 Å². The van der Waals surface area contributed by atoms with E-state index in [0.717, 1.165) is 12.8 Å². The van der Waals surface area contributed by atoms with Gasteiger partial charge >= 0.3 is 0 Å². The number of carbonyl (C=O) groups excluding carboxylic acids is 2. The zero-order valence-corrected chi connectivity index (χ0v) is 14.7. The number of halogens is 2. The average molecular weight is 379 g/mol. The molecule has 2 amide bonds. The summed E-state index contributed by atoms with van der Waals surface area (Å²) in [4.78, 5) is 23.6. The molecule has 7 heteroatoms. The summed E-state index contributed by atoms with van der Waals surface area (Å²) in [7, 11) is 0. The molecule has 2 N–H and O–H groups in total. The van der Waals surface area contributed by atoms with Gasteiger partial charge in [-0.1, -0.05) is 23.2 Å². The van der Waals surface area contributed by atoms with E-state index in [4.69, 9.17) is 27.9 Å². The van der Waals surface area contributed by atoms with Gasteiger partial charge in [0.2, 0.25) is 5.91 Å². The van der Waals surface area contributed by atoms with Crippen LogP contribution in [-0.4, -0.2) is 18.4 Å². The Morgan fingerprint density at radius 3 is 2.24 bits per heavy atom. The van der Waals surface area contributed by atoms with Crippen LogP contribution in [0.2, 0.25) is 10.0 Å². The van der Waals surface area contributed by atoms with E-state index in [1.165, 1.54) is 0 Å². The van der Waals surface area contributed by atoms with E-state index in [1.54, 1.807) is 42.5 Å². The van der Waals surface area contributed by atoms with Crippen LogP contribution < -0.4 is 15.4 Å². The number of rotatable bonds is 6. The van der Waals surface area contributed by atoms with E-state index in [9.17, 15) is 9.59 Å². The Morgan fingerprint density at radius 2 is 1.64 bits per heavy atom. The lowest BCUT2D eigenvalue weighted by Crippen LogP contribution is -2.20. The van der Waals surface area contributed by atoms with E-state index in [-0.39, 0.29) is 24.3 Å². The molecule has 0 spiro atoms. The molecule has 130 valence electrons. The van der Waals surface area contributed by atoms with Gasteiger partial charge in [-0.3, -0.25) is 9.59 Å². The number of carbonyl (C=O) groups is 2. The average Bonchev–Trinajstić information content (AvgIpc) is 3.41. The largest absolute Gasteiger partial charge is 0.482 e. The summed E-state index contributed by atoms with van der Waals surface area (Å²) in [5.41, 5.74) is 1.32. The van der Waals surface area contributed by atoms with Crippen molar-refractivity contribution in [1.82, 2.24) is 0 Å². The van der Waals surface area contributed by atoms with Crippen LogP contribution in [-0.2, 0) is 9.59 Å². The Hall–Kier alpha value is -2.24. The second-order valence-corrected chi connectivity index (χ2v) is 6.60. The molecule has 0 radical (unpaired) electrons. The molecular weight excluding hydrogens is 363 g/mol. The third-order valence-corrected chi connectivity index (χ3v) is 4.17. The summed E-state index contributed by atoms with van der Waals surface area (Å²) >= 11 is 11.8. The van der Waals surface area contributed by atoms with Crippen LogP contribution >= 0.6 is 23.2 Å². The zero-order valence-electron chi connectivity index (χ0n) is 13.2. The van der Waals surface area contributed by atoms with Crippen LogP contribution in [0.1, 0.15) is 12.8 Å². The standard InChI is InChI=1S/C18H16Cl2N2O3/c19-12-3-8-16(15(20)9-12)25-10-17(23)21-13-4-6-14(7-5-13)22-18(24)11-1-2-11/h3-9,11H,1-2,10H2,(H,21,23)(H,22,24). The van der Waals surface area contributed by atoms with Crippen LogP contribution in [0.3, 0.4) is 0 Å². The quantitative estimate of drug-likeness (QED) is 0.784. The molecule has 0 aromatic heterocycles. The molecule has 1 aliphatic rings. The molecule has 0 heterocycles. The highest BCUT2D eigenvalue weighted by atomic mass is 35.5. The highest BCUT2D eigenvalue weighted by molar-refractivity contribution is 6.35. The Kier molecular flexibility index (Phi) is 5.46. The van der Waals surface area contributed by atoms with Crippen molar-refractivity contribution in [2.45, 2.75) is 12.8 Å². The summed E-state index contributed by atoms with van der Waals surface area (Å²) in [6.45, 7) is -0.179. The molecule has 1 saturated carbocycles. The zero-order chi connectivity index (χ0) is 17.8. The molecule has 25 heavy (non-hydrogen) atoms. The number of benzene rings is 2. The van der Waals surface area contributed by atoms with Gasteiger partial charge in [-0.25, -0.2) is 0 Å². The van der Waals surface area contributed by atoms with E-state index in [2.05, 4.69) is 10.6 Å². The van der Waals surface area contributed by atoms with E-state index in [0.29, 0.717) is 27.2 Å². The van der Waals surface area contributed by atoms with Gasteiger partial charge in [-0.2, -0.15) is 0 Å². The summed E-state index contributed by atoms with van der Waals surface area (Å²) in [6.07, 6.45) is 1.91. The molecule has 3 rings (SSSR count). The number of amides is 2. The smallest absolute Gasteiger partial charge is 0.262 e. The van der Waals surface area contributed by atoms with Crippen molar-refractivity contribution < 1.29 is 14.3 Å². The van der Waals surface area contributed by atoms with Crippen molar-refractivity contribution in [2.24, 2.45) is 5.92 Å². The van der Waals surface area contributed by atoms with Crippen LogP contribution in [0.5, 0.6) is 5.75 Å². The van der Waals surface area contributed by atoms with E-state index < -0.39 is 0 Å².